The van der Waals surface area contributed by atoms with Gasteiger partial charge in [-0.1, -0.05) is 45.8 Å². The Kier molecular flexibility index (Phi) is 9.04. The van der Waals surface area contributed by atoms with Gasteiger partial charge in [0.15, 0.2) is 17.3 Å². The molecule has 15 heteroatoms. The van der Waals surface area contributed by atoms with Crippen LogP contribution in [0.1, 0.15) is 37.6 Å². The van der Waals surface area contributed by atoms with Crippen LogP contribution in [0.15, 0.2) is 50.8 Å². The molecule has 216 valence electrons. The summed E-state index contributed by atoms with van der Waals surface area (Å²) in [6.45, 7) is 3.19. The number of thioether (sulfide) groups is 1. The van der Waals surface area contributed by atoms with Gasteiger partial charge in [0.25, 0.3) is 5.01 Å². The molecule has 0 aliphatic carbocycles. The fourth-order valence-electron chi connectivity index (χ4n) is 5.38. The molecule has 0 bridgehead atoms. The van der Waals surface area contributed by atoms with Crippen molar-refractivity contribution in [3.8, 4) is 0 Å². The number of thiazole rings is 1. The first kappa shape index (κ1) is 30.4. The first-order valence-electron chi connectivity index (χ1n) is 12.7. The first-order chi connectivity index (χ1) is 18.9. The summed E-state index contributed by atoms with van der Waals surface area (Å²) in [5, 5.41) is 1.42. The molecule has 2 aliphatic rings. The third-order valence-electron chi connectivity index (χ3n) is 7.03. The van der Waals surface area contributed by atoms with Crippen LogP contribution in [0.5, 0.6) is 0 Å². The largest absolute Gasteiger partial charge is 0.748 e. The molecule has 3 heterocycles. The van der Waals surface area contributed by atoms with E-state index in [0.717, 1.165) is 35.3 Å². The number of unbranched alkanes of at least 4 members (excludes halogenated alkanes) is 1. The van der Waals surface area contributed by atoms with Gasteiger partial charge in [0.05, 0.1) is 27.6 Å². The molecule has 2 atom stereocenters. The van der Waals surface area contributed by atoms with Crippen LogP contribution >= 0.6 is 50.6 Å². The zero-order valence-corrected chi connectivity index (χ0v) is 27.1. The van der Waals surface area contributed by atoms with Crippen molar-refractivity contribution < 1.29 is 30.2 Å². The van der Waals surface area contributed by atoms with Gasteiger partial charge in [0, 0.05) is 53.2 Å². The Balaban J connectivity index is 1.63. The van der Waals surface area contributed by atoms with E-state index >= 15 is 0 Å². The molecule has 5 rings (SSSR count). The first-order valence-corrected chi connectivity index (χ1v) is 18.6. The summed E-state index contributed by atoms with van der Waals surface area (Å²) in [4.78, 5) is 0.942. The van der Waals surface area contributed by atoms with Gasteiger partial charge in [-0.3, -0.25) is 0 Å². The highest BCUT2D eigenvalue weighted by molar-refractivity contribution is 9.10. The molecule has 2 aliphatic heterocycles. The van der Waals surface area contributed by atoms with Gasteiger partial charge in [-0.05, 0) is 42.4 Å². The molecule has 0 saturated carbocycles. The molecule has 3 aromatic rings. The van der Waals surface area contributed by atoms with E-state index in [1.165, 1.54) is 11.8 Å². The van der Waals surface area contributed by atoms with Crippen LogP contribution in [0, 0.1) is 0 Å². The molecule has 1 aromatic heterocycles. The van der Waals surface area contributed by atoms with Gasteiger partial charge < -0.3 is 4.55 Å². The number of hydroxylamine groups is 1. The monoisotopic (exact) mass is 708 g/mol. The zero-order valence-electron chi connectivity index (χ0n) is 21.5. The van der Waals surface area contributed by atoms with E-state index in [1.807, 2.05) is 42.5 Å². The molecule has 2 unspecified atom stereocenters. The smallest absolute Gasteiger partial charge is 0.338 e. The number of aromatic nitrogens is 1. The summed E-state index contributed by atoms with van der Waals surface area (Å²) in [6, 6.07) is 11.6. The molecular formula is C25H28BrClN3O6S4+. The Bertz CT molecular complexity index is 1700. The molecule has 40 heavy (non-hydrogen) atoms. The predicted molar refractivity (Wildman–Crippen MR) is 162 cm³/mol. The Morgan fingerprint density at radius 3 is 2.77 bits per heavy atom. The van der Waals surface area contributed by atoms with E-state index in [9.17, 15) is 21.4 Å². The minimum Gasteiger partial charge on any atom is -0.748 e. The fraction of sp³-hybridized carbons (Fsp3) is 0.400. The van der Waals surface area contributed by atoms with Crippen LogP contribution in [-0.2, 0) is 31.1 Å². The molecular weight excluding hydrogens is 682 g/mol. The summed E-state index contributed by atoms with van der Waals surface area (Å²) in [5.74, 6) is -0.410. The van der Waals surface area contributed by atoms with Crippen molar-refractivity contribution in [2.75, 3.05) is 18.8 Å². The second-order valence-electron chi connectivity index (χ2n) is 9.63. The molecule has 1 saturated heterocycles. The highest BCUT2D eigenvalue weighted by Crippen LogP contribution is 2.57. The predicted octanol–water partition coefficient (Wildman–Crippen LogP) is 5.33. The molecule has 0 radical (unpaired) electrons. The lowest BCUT2D eigenvalue weighted by Gasteiger charge is -2.34. The lowest BCUT2D eigenvalue weighted by molar-refractivity contribution is -0.669. The van der Waals surface area contributed by atoms with Gasteiger partial charge >= 0.3 is 10.1 Å². The maximum Gasteiger partial charge on any atom is 0.338 e. The number of hydrogen-bond donors (Lipinski definition) is 1. The van der Waals surface area contributed by atoms with E-state index in [0.29, 0.717) is 43.9 Å². The van der Waals surface area contributed by atoms with Gasteiger partial charge in [0.2, 0.25) is 10.9 Å². The fourth-order valence-corrected chi connectivity index (χ4v) is 10.7. The van der Waals surface area contributed by atoms with Crippen molar-refractivity contribution in [2.45, 2.75) is 49.4 Å². The Morgan fingerprint density at radius 2 is 2.02 bits per heavy atom. The quantitative estimate of drug-likeness (QED) is 0.0988. The van der Waals surface area contributed by atoms with Crippen LogP contribution in [0.2, 0.25) is 5.02 Å². The topological polar surface area (TPSA) is 116 Å². The van der Waals surface area contributed by atoms with Crippen molar-refractivity contribution in [2.24, 2.45) is 0 Å². The molecule has 1 spiro atoms. The van der Waals surface area contributed by atoms with Crippen LogP contribution in [0.3, 0.4) is 0 Å². The summed E-state index contributed by atoms with van der Waals surface area (Å²) < 4.78 is 69.8. The number of rotatable bonds is 10. The minimum atomic E-state index is -4.29. The van der Waals surface area contributed by atoms with Gasteiger partial charge in [-0.15, -0.1) is 0 Å². The number of benzene rings is 2. The van der Waals surface area contributed by atoms with Crippen molar-refractivity contribution in [3.05, 3.63) is 55.9 Å². The van der Waals surface area contributed by atoms with Crippen molar-refractivity contribution in [1.82, 2.24) is 9.96 Å². The molecule has 1 N–H and O–H groups in total. The summed E-state index contributed by atoms with van der Waals surface area (Å²) in [7, 11) is -8.28. The normalized spacial score (nSPS) is 22.1. The zero-order chi connectivity index (χ0) is 28.7. The summed E-state index contributed by atoms with van der Waals surface area (Å²) in [6.07, 6.45) is 3.91. The second kappa shape index (κ2) is 11.9. The number of nitrogens with zero attached hydrogens (tertiary/aromatic N) is 2. The number of hydrogen-bond acceptors (Lipinski definition) is 9. The third-order valence-corrected chi connectivity index (χ3v) is 12.5. The minimum absolute atomic E-state index is 0.0979. The molecule has 1 fully saturated rings. The number of fused-ring (bicyclic) bond motifs is 3. The molecule has 9 nitrogen and oxygen atoms in total. The average molecular weight is 710 g/mol. The maximum absolute atomic E-state index is 13.5. The Labute approximate surface area is 255 Å². The molecule has 0 amide bonds. The van der Waals surface area contributed by atoms with Gasteiger partial charge in [0.1, 0.15) is 4.70 Å². The number of aryl methyl sites for hydroxylation is 1. The van der Waals surface area contributed by atoms with Crippen LogP contribution < -0.4 is 14.5 Å². The van der Waals surface area contributed by atoms with E-state index in [1.54, 1.807) is 18.3 Å². The Hall–Kier alpha value is -1.07. The summed E-state index contributed by atoms with van der Waals surface area (Å²) in [5.41, 5.74) is 4.33. The SMILES string of the molecule is CCNOS(=O)(=O)C1CCC[N+]12C(=Cc1sc3ccc(Br)cc3[n+]1CCCCS(=O)(=O)[O-])Sc1ccc(Cl)cc12. The van der Waals surface area contributed by atoms with Gasteiger partial charge in [-0.2, -0.15) is 22.7 Å². The number of quaternary nitrogens is 1. The van der Waals surface area contributed by atoms with E-state index in [4.69, 9.17) is 15.9 Å². The van der Waals surface area contributed by atoms with Crippen molar-refractivity contribution >= 4 is 92.8 Å². The maximum atomic E-state index is 13.5. The molecule has 2 aromatic carbocycles. The lowest BCUT2D eigenvalue weighted by atomic mass is 10.2. The average Bonchev–Trinajstić information content (AvgIpc) is 3.56. The number of nitrogens with one attached hydrogen (secondary N) is 1. The second-order valence-corrected chi connectivity index (χ2v) is 16.3. The Morgan fingerprint density at radius 1 is 1.23 bits per heavy atom. The lowest BCUT2D eigenvalue weighted by Crippen LogP contribution is -2.54. The van der Waals surface area contributed by atoms with Crippen LogP contribution in [-0.4, -0.2) is 45.6 Å². The highest BCUT2D eigenvalue weighted by Gasteiger charge is 2.59. The standard InChI is InChI=1S/C25H28BrClN3O6S4/c1-2-28-36-40(34,35)25-6-5-12-30(25)20-15-18(27)8-10-22(20)38-24(30)16-23-29(11-3-4-13-39(31,32)33)19-14-17(26)7-9-21(19)37-23/h7-10,14-16,25,28H,2-6,11-13H2,1H3/q+1. The van der Waals surface area contributed by atoms with Crippen molar-refractivity contribution in [3.63, 3.8) is 0 Å². The van der Waals surface area contributed by atoms with E-state index < -0.39 is 31.4 Å². The van der Waals surface area contributed by atoms with Crippen LogP contribution in [0.4, 0.5) is 5.69 Å². The third kappa shape index (κ3) is 6.03. The van der Waals surface area contributed by atoms with Gasteiger partial charge in [-0.25, -0.2) is 12.9 Å². The van der Waals surface area contributed by atoms with Crippen LogP contribution in [0.25, 0.3) is 16.3 Å². The van der Waals surface area contributed by atoms with Crippen molar-refractivity contribution in [1.29, 1.82) is 0 Å². The highest BCUT2D eigenvalue weighted by atomic mass is 79.9. The van der Waals surface area contributed by atoms with E-state index in [-0.39, 0.29) is 10.9 Å². The summed E-state index contributed by atoms with van der Waals surface area (Å²) >= 11 is 13.1. The number of halogens is 2. The van der Waals surface area contributed by atoms with E-state index in [2.05, 4.69) is 26.0 Å².